The number of halogens is 2. The normalized spacial score (nSPS) is 11.4. The Morgan fingerprint density at radius 3 is 2.64 bits per heavy atom. The summed E-state index contributed by atoms with van der Waals surface area (Å²) in [5.41, 5.74) is 1.61. The minimum atomic E-state index is -2.94. The molecule has 5 rings (SSSR count). The third-order valence-corrected chi connectivity index (χ3v) is 5.76. The van der Waals surface area contributed by atoms with Crippen LogP contribution in [0.2, 0.25) is 0 Å². The average Bonchev–Trinajstić information content (AvgIpc) is 3.27. The Morgan fingerprint density at radius 2 is 1.88 bits per heavy atom. The highest BCUT2D eigenvalue weighted by molar-refractivity contribution is 7.13. The van der Waals surface area contributed by atoms with Crippen LogP contribution in [0.3, 0.4) is 0 Å². The average molecular weight is 466 g/mol. The van der Waals surface area contributed by atoms with Gasteiger partial charge >= 0.3 is 12.6 Å². The van der Waals surface area contributed by atoms with Crippen molar-refractivity contribution < 1.29 is 18.3 Å². The Kier molecular flexibility index (Phi) is 5.43. The fourth-order valence-corrected chi connectivity index (χ4v) is 4.17. The Labute approximate surface area is 190 Å². The summed E-state index contributed by atoms with van der Waals surface area (Å²) in [4.78, 5) is 22.3. The van der Waals surface area contributed by atoms with Crippen molar-refractivity contribution in [1.29, 1.82) is 0 Å². The molecule has 0 bridgehead atoms. The Bertz CT molecular complexity index is 1520. The van der Waals surface area contributed by atoms with E-state index in [1.807, 2.05) is 18.2 Å². The zero-order chi connectivity index (χ0) is 22.9. The van der Waals surface area contributed by atoms with Gasteiger partial charge in [0.2, 0.25) is 0 Å². The Hall–Kier alpha value is -3.92. The van der Waals surface area contributed by atoms with Crippen LogP contribution in [-0.2, 0) is 0 Å². The topological polar surface area (TPSA) is 79.1 Å². The van der Waals surface area contributed by atoms with E-state index in [1.165, 1.54) is 40.4 Å². The number of ether oxygens (including phenoxy) is 2. The smallest absolute Gasteiger partial charge is 0.387 e. The molecule has 0 unspecified atom stereocenters. The summed E-state index contributed by atoms with van der Waals surface area (Å²) in [6.07, 6.45) is 3.34. The number of nitrogens with zero attached hydrogens (tertiary/aromatic N) is 4. The third kappa shape index (κ3) is 4.00. The largest absolute Gasteiger partial charge is 0.464 e. The lowest BCUT2D eigenvalue weighted by Crippen LogP contribution is -2.21. The van der Waals surface area contributed by atoms with Crippen LogP contribution in [-0.4, -0.2) is 32.1 Å². The molecule has 0 aliphatic heterocycles. The van der Waals surface area contributed by atoms with E-state index in [-0.39, 0.29) is 17.3 Å². The first-order chi connectivity index (χ1) is 16.0. The van der Waals surface area contributed by atoms with Gasteiger partial charge in [0.25, 0.3) is 5.56 Å². The zero-order valence-electron chi connectivity index (χ0n) is 17.2. The molecular formula is C23H16F2N4O3S. The summed E-state index contributed by atoms with van der Waals surface area (Å²) in [6, 6.07) is 13.4. The molecule has 7 nitrogen and oxygen atoms in total. The highest BCUT2D eigenvalue weighted by Gasteiger charge is 2.16. The second-order valence-electron chi connectivity index (χ2n) is 7.01. The first kappa shape index (κ1) is 21.0. The van der Waals surface area contributed by atoms with Gasteiger partial charge in [-0.3, -0.25) is 9.36 Å². The Morgan fingerprint density at radius 1 is 1.06 bits per heavy atom. The van der Waals surface area contributed by atoms with Crippen LogP contribution in [0.5, 0.6) is 11.8 Å². The summed E-state index contributed by atoms with van der Waals surface area (Å²) in [5.74, 6) is -0.0118. The van der Waals surface area contributed by atoms with Crippen molar-refractivity contribution >= 4 is 32.7 Å². The van der Waals surface area contributed by atoms with Gasteiger partial charge in [0.15, 0.2) is 5.65 Å². The second-order valence-corrected chi connectivity index (χ2v) is 7.85. The lowest BCUT2D eigenvalue weighted by molar-refractivity contribution is -0.0498. The van der Waals surface area contributed by atoms with E-state index < -0.39 is 6.61 Å². The molecular weight excluding hydrogens is 450 g/mol. The summed E-state index contributed by atoms with van der Waals surface area (Å²) in [6.45, 7) is -0.769. The van der Waals surface area contributed by atoms with Gasteiger partial charge in [0.1, 0.15) is 5.75 Å². The molecule has 0 saturated carbocycles. The molecule has 166 valence electrons. The first-order valence-electron chi connectivity index (χ1n) is 9.99. The molecule has 0 N–H and O–H groups in total. The number of aromatic nitrogens is 4. The van der Waals surface area contributed by atoms with Crippen LogP contribution in [0.4, 0.5) is 8.78 Å². The summed E-state index contributed by atoms with van der Waals surface area (Å²) in [7, 11) is 0. The number of benzene rings is 2. The molecule has 0 spiro atoms. The standard InChI is InChI=1S/C23H16F2N4O3S/c1-2-31-23-26-11-15-10-18(13-3-8-19-14(9-13)12-27-33-19)21(30)29(20(15)28-23)16-4-6-17(7-5-16)32-22(24)25/h3-12,22H,2H2,1H3. The number of rotatable bonds is 6. The van der Waals surface area contributed by atoms with Gasteiger partial charge in [-0.25, -0.2) is 4.98 Å². The summed E-state index contributed by atoms with van der Waals surface area (Å²) < 4.78 is 41.6. The molecule has 33 heavy (non-hydrogen) atoms. The van der Waals surface area contributed by atoms with Crippen LogP contribution in [0.25, 0.3) is 37.9 Å². The van der Waals surface area contributed by atoms with Gasteiger partial charge in [-0.05, 0) is 66.5 Å². The minimum absolute atomic E-state index is 0.0118. The number of pyridine rings is 1. The number of alkyl halides is 2. The van der Waals surface area contributed by atoms with Crippen LogP contribution in [0.1, 0.15) is 6.92 Å². The van der Waals surface area contributed by atoms with Crippen molar-refractivity contribution in [1.82, 2.24) is 18.9 Å². The van der Waals surface area contributed by atoms with E-state index in [1.54, 1.807) is 25.4 Å². The fourth-order valence-electron chi connectivity index (χ4n) is 3.54. The predicted molar refractivity (Wildman–Crippen MR) is 122 cm³/mol. The van der Waals surface area contributed by atoms with Crippen molar-refractivity contribution in [3.63, 3.8) is 0 Å². The lowest BCUT2D eigenvalue weighted by Gasteiger charge is -2.14. The maximum atomic E-state index is 13.7. The molecule has 0 fully saturated rings. The van der Waals surface area contributed by atoms with E-state index in [0.29, 0.717) is 28.9 Å². The van der Waals surface area contributed by atoms with E-state index in [4.69, 9.17) is 4.74 Å². The van der Waals surface area contributed by atoms with Gasteiger partial charge < -0.3 is 9.47 Å². The zero-order valence-corrected chi connectivity index (χ0v) is 18.1. The second kappa shape index (κ2) is 8.55. The van der Waals surface area contributed by atoms with Crippen LogP contribution in [0.15, 0.2) is 65.7 Å². The third-order valence-electron chi connectivity index (χ3n) is 4.98. The molecule has 0 saturated heterocycles. The molecule has 0 atom stereocenters. The highest BCUT2D eigenvalue weighted by atomic mass is 32.1. The van der Waals surface area contributed by atoms with Crippen LogP contribution in [0, 0.1) is 0 Å². The molecule has 10 heteroatoms. The van der Waals surface area contributed by atoms with Crippen molar-refractivity contribution in [3.8, 4) is 28.6 Å². The summed E-state index contributed by atoms with van der Waals surface area (Å²) in [5, 5.41) is 1.55. The molecule has 0 aliphatic carbocycles. The number of hydrogen-bond donors (Lipinski definition) is 0. The van der Waals surface area contributed by atoms with Crippen molar-refractivity contribution in [3.05, 3.63) is 71.3 Å². The summed E-state index contributed by atoms with van der Waals surface area (Å²) >= 11 is 1.38. The first-order valence-corrected chi connectivity index (χ1v) is 10.8. The monoisotopic (exact) mass is 466 g/mol. The highest BCUT2D eigenvalue weighted by Crippen LogP contribution is 2.28. The van der Waals surface area contributed by atoms with Crippen LogP contribution < -0.4 is 15.0 Å². The maximum Gasteiger partial charge on any atom is 0.387 e. The predicted octanol–water partition coefficient (Wildman–Crippen LogP) is 5.06. The van der Waals surface area contributed by atoms with Crippen molar-refractivity contribution in [2.45, 2.75) is 13.5 Å². The molecule has 0 aliphatic rings. The van der Waals surface area contributed by atoms with Gasteiger partial charge in [0.05, 0.1) is 17.0 Å². The Balaban J connectivity index is 1.74. The minimum Gasteiger partial charge on any atom is -0.464 e. The lowest BCUT2D eigenvalue weighted by atomic mass is 10.0. The quantitative estimate of drug-likeness (QED) is 0.348. The maximum absolute atomic E-state index is 13.7. The molecule has 3 heterocycles. The van der Waals surface area contributed by atoms with Gasteiger partial charge in [0, 0.05) is 28.7 Å². The number of fused-ring (bicyclic) bond motifs is 2. The van der Waals surface area contributed by atoms with Gasteiger partial charge in [-0.2, -0.15) is 18.1 Å². The molecule has 0 radical (unpaired) electrons. The van der Waals surface area contributed by atoms with Gasteiger partial charge in [-0.15, -0.1) is 0 Å². The molecule has 0 amide bonds. The number of hydrogen-bond acceptors (Lipinski definition) is 7. The van der Waals surface area contributed by atoms with Crippen molar-refractivity contribution in [2.75, 3.05) is 6.61 Å². The molecule has 5 aromatic rings. The SMILES string of the molecule is CCOc1ncc2cc(-c3ccc4sncc4c3)c(=O)n(-c3ccc(OC(F)F)cc3)c2n1. The van der Waals surface area contributed by atoms with Crippen molar-refractivity contribution in [2.24, 2.45) is 0 Å². The molecule has 2 aromatic carbocycles. The van der Waals surface area contributed by atoms with Crippen LogP contribution >= 0.6 is 11.5 Å². The van der Waals surface area contributed by atoms with E-state index in [2.05, 4.69) is 19.1 Å². The van der Waals surface area contributed by atoms with E-state index in [9.17, 15) is 13.6 Å². The molecule has 3 aromatic heterocycles. The van der Waals surface area contributed by atoms with Gasteiger partial charge in [-0.1, -0.05) is 6.07 Å². The fraction of sp³-hybridized carbons (Fsp3) is 0.130. The van der Waals surface area contributed by atoms with E-state index in [0.717, 1.165) is 15.6 Å². The van der Waals surface area contributed by atoms with E-state index >= 15 is 0 Å².